The second-order valence-corrected chi connectivity index (χ2v) is 6.56. The Morgan fingerprint density at radius 1 is 1.29 bits per heavy atom. The summed E-state index contributed by atoms with van der Waals surface area (Å²) in [4.78, 5) is 28.4. The maximum atomic E-state index is 12.4. The lowest BCUT2D eigenvalue weighted by atomic mass is 10.1. The van der Waals surface area contributed by atoms with Crippen LogP contribution in [0.3, 0.4) is 0 Å². The van der Waals surface area contributed by atoms with Crippen molar-refractivity contribution in [3.8, 4) is 0 Å². The van der Waals surface area contributed by atoms with Crippen LogP contribution in [0.1, 0.15) is 41.3 Å². The van der Waals surface area contributed by atoms with Crippen molar-refractivity contribution in [3.63, 3.8) is 0 Å². The molecule has 24 heavy (non-hydrogen) atoms. The maximum absolute atomic E-state index is 12.4. The summed E-state index contributed by atoms with van der Waals surface area (Å²) in [5.74, 6) is -0.412. The first-order chi connectivity index (χ1) is 11.5. The molecule has 1 aromatic heterocycles. The third kappa shape index (κ3) is 5.04. The van der Waals surface area contributed by atoms with E-state index in [0.717, 1.165) is 17.1 Å². The molecule has 0 aliphatic rings. The lowest BCUT2D eigenvalue weighted by Crippen LogP contribution is -2.27. The molecule has 0 aliphatic carbocycles. The fourth-order valence-corrected chi connectivity index (χ4v) is 3.03. The van der Waals surface area contributed by atoms with E-state index in [1.807, 2.05) is 5.38 Å². The quantitative estimate of drug-likeness (QED) is 0.786. The van der Waals surface area contributed by atoms with Crippen molar-refractivity contribution in [1.29, 1.82) is 0 Å². The number of carbonyl (C=O) groups is 2. The predicted molar refractivity (Wildman–Crippen MR) is 97.9 cm³/mol. The molecule has 2 amide bonds. The second-order valence-electron chi connectivity index (χ2n) is 5.18. The van der Waals surface area contributed by atoms with Gasteiger partial charge in [-0.1, -0.05) is 25.4 Å². The Morgan fingerprint density at radius 2 is 2.08 bits per heavy atom. The molecule has 7 heteroatoms. The number of halogens is 1. The van der Waals surface area contributed by atoms with E-state index in [2.05, 4.69) is 22.5 Å². The van der Waals surface area contributed by atoms with Crippen LogP contribution in [0.5, 0.6) is 0 Å². The van der Waals surface area contributed by atoms with Crippen LogP contribution in [-0.2, 0) is 17.6 Å². The molecule has 0 aliphatic heterocycles. The molecule has 2 N–H and O–H groups in total. The Balaban J connectivity index is 1.99. The van der Waals surface area contributed by atoms with Crippen LogP contribution in [0, 0.1) is 0 Å². The first kappa shape index (κ1) is 18.4. The number of nitrogens with one attached hydrogen (secondary N) is 2. The topological polar surface area (TPSA) is 71.1 Å². The van der Waals surface area contributed by atoms with Gasteiger partial charge < -0.3 is 10.6 Å². The molecule has 0 radical (unpaired) electrons. The normalized spacial score (nSPS) is 10.5. The van der Waals surface area contributed by atoms with E-state index in [-0.39, 0.29) is 11.8 Å². The number of anilines is 1. The monoisotopic (exact) mass is 365 g/mol. The van der Waals surface area contributed by atoms with Crippen molar-refractivity contribution < 1.29 is 9.59 Å². The number of aromatic nitrogens is 1. The molecule has 0 spiro atoms. The minimum absolute atomic E-state index is 0.166. The fourth-order valence-electron chi connectivity index (χ4n) is 2.08. The third-order valence-electron chi connectivity index (χ3n) is 3.39. The average Bonchev–Trinajstić information content (AvgIpc) is 3.02. The molecule has 1 aromatic carbocycles. The summed E-state index contributed by atoms with van der Waals surface area (Å²) in [6.07, 6.45) is 1.92. The van der Waals surface area contributed by atoms with Crippen molar-refractivity contribution in [3.05, 3.63) is 44.9 Å². The number of amides is 2. The molecule has 0 saturated carbocycles. The first-order valence-corrected chi connectivity index (χ1v) is 9.10. The highest BCUT2D eigenvalue weighted by molar-refractivity contribution is 7.09. The molecular formula is C17H20ClN3O2S. The van der Waals surface area contributed by atoms with Crippen molar-refractivity contribution in [1.82, 2.24) is 10.3 Å². The van der Waals surface area contributed by atoms with Crippen LogP contribution in [0.4, 0.5) is 5.69 Å². The van der Waals surface area contributed by atoms with Crippen LogP contribution in [0.25, 0.3) is 0 Å². The molecule has 2 aromatic rings. The van der Waals surface area contributed by atoms with Crippen LogP contribution in [0.2, 0.25) is 5.02 Å². The molecule has 2 rings (SSSR count). The van der Waals surface area contributed by atoms with Gasteiger partial charge in [0, 0.05) is 29.8 Å². The summed E-state index contributed by atoms with van der Waals surface area (Å²) in [7, 11) is 0. The first-order valence-electron chi connectivity index (χ1n) is 7.84. The molecule has 0 fully saturated rings. The van der Waals surface area contributed by atoms with Gasteiger partial charge in [0.1, 0.15) is 0 Å². The molecule has 5 nitrogen and oxygen atoms in total. The van der Waals surface area contributed by atoms with Gasteiger partial charge in [-0.05, 0) is 24.6 Å². The lowest BCUT2D eigenvalue weighted by molar-refractivity contribution is -0.115. The van der Waals surface area contributed by atoms with Gasteiger partial charge in [0.15, 0.2) is 0 Å². The van der Waals surface area contributed by atoms with E-state index in [4.69, 9.17) is 11.6 Å². The van der Waals surface area contributed by atoms with E-state index in [1.54, 1.807) is 36.5 Å². The Morgan fingerprint density at radius 3 is 2.75 bits per heavy atom. The van der Waals surface area contributed by atoms with Gasteiger partial charge in [0.05, 0.1) is 22.0 Å². The van der Waals surface area contributed by atoms with Gasteiger partial charge in [-0.15, -0.1) is 11.3 Å². The minimum atomic E-state index is -0.246. The molecule has 0 unspecified atom stereocenters. The highest BCUT2D eigenvalue weighted by atomic mass is 35.5. The second kappa shape index (κ2) is 8.80. The van der Waals surface area contributed by atoms with Gasteiger partial charge in [0.2, 0.25) is 5.91 Å². The Kier molecular flexibility index (Phi) is 6.75. The van der Waals surface area contributed by atoms with E-state index in [0.29, 0.717) is 35.7 Å². The van der Waals surface area contributed by atoms with Crippen LogP contribution in [-0.4, -0.2) is 23.3 Å². The number of hydrogen-bond acceptors (Lipinski definition) is 4. The smallest absolute Gasteiger partial charge is 0.253 e. The van der Waals surface area contributed by atoms with E-state index < -0.39 is 0 Å². The van der Waals surface area contributed by atoms with Crippen LogP contribution < -0.4 is 10.6 Å². The molecular weight excluding hydrogens is 346 g/mol. The Labute approximate surface area is 150 Å². The number of nitrogens with zero attached hydrogens (tertiary/aromatic N) is 1. The van der Waals surface area contributed by atoms with E-state index in [9.17, 15) is 9.59 Å². The number of hydrogen-bond donors (Lipinski definition) is 2. The van der Waals surface area contributed by atoms with Gasteiger partial charge >= 0.3 is 0 Å². The summed E-state index contributed by atoms with van der Waals surface area (Å²) in [5, 5.41) is 9.14. The zero-order chi connectivity index (χ0) is 17.5. The van der Waals surface area contributed by atoms with E-state index in [1.165, 1.54) is 0 Å². The SMILES string of the molecule is CCC(=O)Nc1cc(Cl)ccc1C(=O)NCCc1csc(CC)n1. The van der Waals surface area contributed by atoms with Crippen molar-refractivity contribution in [2.75, 3.05) is 11.9 Å². The van der Waals surface area contributed by atoms with Gasteiger partial charge in [-0.3, -0.25) is 9.59 Å². The number of thiazole rings is 1. The molecule has 1 heterocycles. The maximum Gasteiger partial charge on any atom is 0.253 e. The molecule has 0 atom stereocenters. The highest BCUT2D eigenvalue weighted by Gasteiger charge is 2.13. The highest BCUT2D eigenvalue weighted by Crippen LogP contribution is 2.21. The Bertz CT molecular complexity index is 730. The van der Waals surface area contributed by atoms with E-state index >= 15 is 0 Å². The zero-order valence-corrected chi connectivity index (χ0v) is 15.3. The fraction of sp³-hybridized carbons (Fsp3) is 0.353. The van der Waals surface area contributed by atoms with Crippen LogP contribution in [0.15, 0.2) is 23.6 Å². The lowest BCUT2D eigenvalue weighted by Gasteiger charge is -2.11. The molecule has 0 bridgehead atoms. The summed E-state index contributed by atoms with van der Waals surface area (Å²) in [5.41, 5.74) is 1.80. The number of carbonyl (C=O) groups excluding carboxylic acids is 2. The summed E-state index contributed by atoms with van der Waals surface area (Å²) in [6.45, 7) is 4.30. The zero-order valence-electron chi connectivity index (χ0n) is 13.7. The standard InChI is InChI=1S/C17H20ClN3O2S/c1-3-15(22)21-14-9-11(18)5-6-13(14)17(23)19-8-7-12-10-24-16(4-2)20-12/h5-6,9-10H,3-4,7-8H2,1-2H3,(H,19,23)(H,21,22). The summed E-state index contributed by atoms with van der Waals surface area (Å²) >= 11 is 7.59. The third-order valence-corrected chi connectivity index (χ3v) is 4.67. The van der Waals surface area contributed by atoms with Crippen LogP contribution >= 0.6 is 22.9 Å². The van der Waals surface area contributed by atoms with Gasteiger partial charge in [0.25, 0.3) is 5.91 Å². The largest absolute Gasteiger partial charge is 0.352 e. The summed E-state index contributed by atoms with van der Waals surface area (Å²) < 4.78 is 0. The number of aryl methyl sites for hydroxylation is 1. The number of rotatable bonds is 7. The predicted octanol–water partition coefficient (Wildman–Crippen LogP) is 3.68. The molecule has 0 saturated heterocycles. The molecule has 128 valence electrons. The van der Waals surface area contributed by atoms with Gasteiger partial charge in [-0.2, -0.15) is 0 Å². The number of benzene rings is 1. The minimum Gasteiger partial charge on any atom is -0.352 e. The van der Waals surface area contributed by atoms with Crippen molar-refractivity contribution >= 4 is 40.4 Å². The van der Waals surface area contributed by atoms with Crippen molar-refractivity contribution in [2.45, 2.75) is 33.1 Å². The average molecular weight is 366 g/mol. The Hall–Kier alpha value is -1.92. The van der Waals surface area contributed by atoms with Crippen molar-refractivity contribution in [2.24, 2.45) is 0 Å². The van der Waals surface area contributed by atoms with Gasteiger partial charge in [-0.25, -0.2) is 4.98 Å². The summed E-state index contributed by atoms with van der Waals surface area (Å²) in [6, 6.07) is 4.82.